The highest BCUT2D eigenvalue weighted by Crippen LogP contribution is 2.44. The van der Waals surface area contributed by atoms with Gasteiger partial charge in [0.25, 0.3) is 0 Å². The van der Waals surface area contributed by atoms with E-state index in [2.05, 4.69) is 5.32 Å². The molecule has 2 aromatic rings. The number of ketones is 1. The lowest BCUT2D eigenvalue weighted by atomic mass is 9.92. The topological polar surface area (TPSA) is 58.6 Å². The smallest absolute Gasteiger partial charge is 0.449 e. The Morgan fingerprint density at radius 3 is 2.40 bits per heavy atom. The van der Waals surface area contributed by atoms with Crippen LogP contribution >= 0.6 is 0 Å². The minimum absolute atomic E-state index is 0.0378. The van der Waals surface area contributed by atoms with Crippen LogP contribution in [0.5, 0.6) is 5.75 Å². The predicted molar refractivity (Wildman–Crippen MR) is 83.8 cm³/mol. The van der Waals surface area contributed by atoms with Gasteiger partial charge in [0.2, 0.25) is 5.78 Å². The molecule has 3 rings (SSSR count). The highest BCUT2D eigenvalue weighted by molar-refractivity contribution is 6.12. The van der Waals surface area contributed by atoms with Gasteiger partial charge in [-0.3, -0.25) is 4.79 Å². The molecule has 0 bridgehead atoms. The van der Waals surface area contributed by atoms with Crippen LogP contribution in [0.4, 0.5) is 13.2 Å². The minimum Gasteiger partial charge on any atom is -0.449 e. The second-order valence-electron chi connectivity index (χ2n) is 5.49. The van der Waals surface area contributed by atoms with E-state index in [4.69, 9.17) is 4.74 Å². The molecule has 2 aromatic carbocycles. The number of rotatable bonds is 3. The summed E-state index contributed by atoms with van der Waals surface area (Å²) >= 11 is 0. The van der Waals surface area contributed by atoms with E-state index in [9.17, 15) is 23.1 Å². The normalized spacial score (nSPS) is 21.6. The molecule has 1 heterocycles. The molecule has 0 aromatic heterocycles. The van der Waals surface area contributed by atoms with Gasteiger partial charge >= 0.3 is 12.0 Å². The molecule has 1 aliphatic rings. The Kier molecular flexibility index (Phi) is 4.26. The Morgan fingerprint density at radius 1 is 1.08 bits per heavy atom. The molecule has 130 valence electrons. The van der Waals surface area contributed by atoms with Crippen LogP contribution in [0.2, 0.25) is 0 Å². The van der Waals surface area contributed by atoms with Crippen LogP contribution in [-0.2, 0) is 6.54 Å². The van der Waals surface area contributed by atoms with Crippen molar-refractivity contribution in [3.8, 4) is 5.75 Å². The molecule has 0 saturated heterocycles. The second-order valence-corrected chi connectivity index (χ2v) is 5.49. The zero-order valence-electron chi connectivity index (χ0n) is 12.9. The lowest BCUT2D eigenvalue weighted by molar-refractivity contribution is -0.315. The van der Waals surface area contributed by atoms with Crippen LogP contribution in [0.25, 0.3) is 0 Å². The van der Waals surface area contributed by atoms with Crippen LogP contribution in [0, 0.1) is 0 Å². The molecule has 0 amide bonds. The molecule has 0 spiro atoms. The molecule has 0 radical (unpaired) electrons. The summed E-state index contributed by atoms with van der Waals surface area (Å²) in [6.45, 7) is 0.188. The maximum atomic E-state index is 13.4. The lowest BCUT2D eigenvalue weighted by Crippen LogP contribution is -2.56. The third kappa shape index (κ3) is 3.10. The summed E-state index contributed by atoms with van der Waals surface area (Å²) in [5.41, 5.74) is -0.140. The maximum Gasteiger partial charge on any atom is 0.460 e. The van der Waals surface area contributed by atoms with Gasteiger partial charge in [0.05, 0.1) is 11.1 Å². The fourth-order valence-corrected chi connectivity index (χ4v) is 2.50. The summed E-state index contributed by atoms with van der Waals surface area (Å²) in [6, 6.07) is 14.4. The van der Waals surface area contributed by atoms with Gasteiger partial charge in [0, 0.05) is 12.7 Å². The molecular weight excluding hydrogens is 335 g/mol. The largest absolute Gasteiger partial charge is 0.460 e. The number of hydrogen-bond donors (Lipinski definition) is 2. The lowest BCUT2D eigenvalue weighted by Gasteiger charge is -2.36. The molecule has 0 aliphatic carbocycles. The Bertz CT molecular complexity index is 818. The van der Waals surface area contributed by atoms with E-state index in [1.807, 2.05) is 0 Å². The summed E-state index contributed by atoms with van der Waals surface area (Å²) in [4.78, 5) is 12.5. The quantitative estimate of drug-likeness (QED) is 0.836. The van der Waals surface area contributed by atoms with E-state index < -0.39 is 23.3 Å². The summed E-state index contributed by atoms with van der Waals surface area (Å²) in [5.74, 6) is -4.96. The SMILES string of the molecule is O=C1C(=CNCc2ccccc2)C(O)(C(F)(F)F)Oc2ccccc21. The van der Waals surface area contributed by atoms with Gasteiger partial charge in [0.1, 0.15) is 5.75 Å². The van der Waals surface area contributed by atoms with Gasteiger partial charge in [-0.25, -0.2) is 0 Å². The molecular formula is C18H14F3NO3. The summed E-state index contributed by atoms with van der Waals surface area (Å²) in [7, 11) is 0. The van der Waals surface area contributed by atoms with Crippen LogP contribution in [0.1, 0.15) is 15.9 Å². The van der Waals surface area contributed by atoms with Gasteiger partial charge in [-0.15, -0.1) is 0 Å². The van der Waals surface area contributed by atoms with Crippen LogP contribution in [0.15, 0.2) is 66.4 Å². The average molecular weight is 349 g/mol. The highest BCUT2D eigenvalue weighted by Gasteiger charge is 2.63. The molecule has 2 N–H and O–H groups in total. The third-order valence-electron chi connectivity index (χ3n) is 3.78. The van der Waals surface area contributed by atoms with Crippen molar-refractivity contribution in [1.29, 1.82) is 0 Å². The van der Waals surface area contributed by atoms with Crippen LogP contribution in [-0.4, -0.2) is 22.9 Å². The second kappa shape index (κ2) is 6.25. The molecule has 0 saturated carbocycles. The van der Waals surface area contributed by atoms with Gasteiger partial charge in [-0.1, -0.05) is 42.5 Å². The number of nitrogens with one attached hydrogen (secondary N) is 1. The fraction of sp³-hybridized carbons (Fsp3) is 0.167. The third-order valence-corrected chi connectivity index (χ3v) is 3.78. The van der Waals surface area contributed by atoms with Crippen molar-refractivity contribution in [1.82, 2.24) is 5.32 Å². The number of halogens is 3. The van der Waals surface area contributed by atoms with Crippen molar-refractivity contribution >= 4 is 5.78 Å². The first kappa shape index (κ1) is 17.0. The number of hydrogen-bond acceptors (Lipinski definition) is 4. The average Bonchev–Trinajstić information content (AvgIpc) is 2.58. The van der Waals surface area contributed by atoms with E-state index in [0.29, 0.717) is 0 Å². The number of fused-ring (bicyclic) bond motifs is 1. The van der Waals surface area contributed by atoms with Crippen molar-refractivity contribution < 1.29 is 27.8 Å². The van der Waals surface area contributed by atoms with Gasteiger partial charge < -0.3 is 15.2 Å². The Hall–Kier alpha value is -2.80. The molecule has 25 heavy (non-hydrogen) atoms. The van der Waals surface area contributed by atoms with Gasteiger partial charge in [0.15, 0.2) is 0 Å². The molecule has 1 unspecified atom stereocenters. The number of ether oxygens (including phenoxy) is 1. The van der Waals surface area contributed by atoms with E-state index in [1.54, 1.807) is 30.3 Å². The van der Waals surface area contributed by atoms with E-state index in [1.165, 1.54) is 24.3 Å². The Labute approximate surface area is 141 Å². The van der Waals surface area contributed by atoms with Crippen molar-refractivity contribution in [2.24, 2.45) is 0 Å². The van der Waals surface area contributed by atoms with Crippen LogP contribution < -0.4 is 10.1 Å². The van der Waals surface area contributed by atoms with E-state index in [0.717, 1.165) is 11.8 Å². The van der Waals surface area contributed by atoms with Gasteiger partial charge in [-0.05, 0) is 17.7 Å². The first-order valence-corrected chi connectivity index (χ1v) is 7.43. The van der Waals surface area contributed by atoms with Crippen molar-refractivity contribution in [3.63, 3.8) is 0 Å². The zero-order valence-corrected chi connectivity index (χ0v) is 12.9. The van der Waals surface area contributed by atoms with E-state index in [-0.39, 0.29) is 17.9 Å². The summed E-state index contributed by atoms with van der Waals surface area (Å²) in [5, 5.41) is 12.7. The standard InChI is InChI=1S/C18H14F3NO3/c19-18(20,21)17(24)14(11-22-10-12-6-2-1-3-7-12)16(23)13-8-4-5-9-15(13)25-17/h1-9,11,22,24H,10H2. The van der Waals surface area contributed by atoms with Gasteiger partial charge in [-0.2, -0.15) is 13.2 Å². The van der Waals surface area contributed by atoms with Crippen molar-refractivity contribution in [2.75, 3.05) is 0 Å². The van der Waals surface area contributed by atoms with Crippen molar-refractivity contribution in [2.45, 2.75) is 18.5 Å². The molecule has 4 nitrogen and oxygen atoms in total. The first-order chi connectivity index (χ1) is 11.8. The number of benzene rings is 2. The summed E-state index contributed by atoms with van der Waals surface area (Å²) in [6.07, 6.45) is -4.32. The van der Waals surface area contributed by atoms with Crippen LogP contribution in [0.3, 0.4) is 0 Å². The molecule has 1 atom stereocenters. The monoisotopic (exact) mass is 349 g/mol. The molecule has 1 aliphatic heterocycles. The molecule has 0 fully saturated rings. The summed E-state index contributed by atoms with van der Waals surface area (Å²) < 4.78 is 45.0. The van der Waals surface area contributed by atoms with E-state index >= 15 is 0 Å². The van der Waals surface area contributed by atoms with Crippen molar-refractivity contribution in [3.05, 3.63) is 77.5 Å². The number of para-hydroxylation sites is 1. The number of carbonyl (C=O) groups is 1. The number of Topliss-reactive ketones (excluding diaryl/α,β-unsaturated/α-hetero) is 1. The number of carbonyl (C=O) groups excluding carboxylic acids is 1. The first-order valence-electron chi connectivity index (χ1n) is 7.43. The number of aliphatic hydroxyl groups is 1. The number of alkyl halides is 3. The molecule has 7 heteroatoms. The Morgan fingerprint density at radius 2 is 1.72 bits per heavy atom. The zero-order chi connectivity index (χ0) is 18.1. The predicted octanol–water partition coefficient (Wildman–Crippen LogP) is 3.19. The maximum absolute atomic E-state index is 13.4. The highest BCUT2D eigenvalue weighted by atomic mass is 19.4. The fourth-order valence-electron chi connectivity index (χ4n) is 2.50. The Balaban J connectivity index is 1.96. The minimum atomic E-state index is -5.18.